The highest BCUT2D eigenvalue weighted by Gasteiger charge is 2.50. The molecule has 0 aromatic heterocycles. The van der Waals surface area contributed by atoms with E-state index in [9.17, 15) is 14.4 Å². The third kappa shape index (κ3) is 3.36. The van der Waals surface area contributed by atoms with Gasteiger partial charge in [-0.05, 0) is 35.2 Å². The van der Waals surface area contributed by atoms with E-state index in [4.69, 9.17) is 0 Å². The average Bonchev–Trinajstić information content (AvgIpc) is 2.98. The highest BCUT2D eigenvalue weighted by Crippen LogP contribution is 2.33. The number of carbonyl (C=O) groups is 3. The number of carbonyl (C=O) groups excluding carboxylic acids is 3. The Morgan fingerprint density at radius 2 is 1.67 bits per heavy atom. The van der Waals surface area contributed by atoms with Gasteiger partial charge in [0.25, 0.3) is 5.91 Å². The van der Waals surface area contributed by atoms with Crippen LogP contribution in [-0.2, 0) is 16.8 Å². The second-order valence-corrected chi connectivity index (χ2v) is 7.84. The number of rotatable bonds is 6. The predicted octanol–water partition coefficient (Wildman–Crippen LogP) is 4.44. The van der Waals surface area contributed by atoms with Crippen molar-refractivity contribution in [1.29, 1.82) is 0 Å². The molecule has 1 N–H and O–H groups in total. The standard InChI is InChI=1S/C25H24N2O3/c1-3-7-17-12-14-19(15-13-17)22(28)16-27-23(29)25(2,26-24(27)30)21-11-6-9-18-8-4-5-10-20(18)21/h4-6,8-15H,3,7,16H2,1-2H3,(H,26,30)/t25-/m1/s1. The van der Waals surface area contributed by atoms with Crippen molar-refractivity contribution < 1.29 is 14.4 Å². The number of ketones is 1. The molecule has 1 aliphatic heterocycles. The SMILES string of the molecule is CCCc1ccc(C(=O)CN2C(=O)N[C@](C)(c3cccc4ccccc34)C2=O)cc1. The Bertz CT molecular complexity index is 1130. The van der Waals surface area contributed by atoms with E-state index in [1.165, 1.54) is 0 Å². The van der Waals surface area contributed by atoms with Gasteiger partial charge in [0.1, 0.15) is 5.54 Å². The summed E-state index contributed by atoms with van der Waals surface area (Å²) in [5.41, 5.74) is 1.16. The molecule has 1 heterocycles. The Kier molecular flexibility index (Phi) is 5.12. The number of imide groups is 1. The van der Waals surface area contributed by atoms with Gasteiger partial charge in [-0.2, -0.15) is 0 Å². The second-order valence-electron chi connectivity index (χ2n) is 7.84. The van der Waals surface area contributed by atoms with Crippen molar-refractivity contribution in [3.63, 3.8) is 0 Å². The highest BCUT2D eigenvalue weighted by molar-refractivity contribution is 6.12. The zero-order chi connectivity index (χ0) is 21.3. The van der Waals surface area contributed by atoms with E-state index >= 15 is 0 Å². The fraction of sp³-hybridized carbons (Fsp3) is 0.240. The van der Waals surface area contributed by atoms with Crippen molar-refractivity contribution in [3.8, 4) is 0 Å². The van der Waals surface area contributed by atoms with Gasteiger partial charge in [0.15, 0.2) is 5.78 Å². The molecule has 3 aromatic carbocycles. The Balaban J connectivity index is 1.60. The molecule has 30 heavy (non-hydrogen) atoms. The molecule has 0 aliphatic carbocycles. The lowest BCUT2D eigenvalue weighted by Crippen LogP contribution is -2.41. The first-order valence-corrected chi connectivity index (χ1v) is 10.2. The van der Waals surface area contributed by atoms with Crippen molar-refractivity contribution in [1.82, 2.24) is 10.2 Å². The molecule has 0 spiro atoms. The van der Waals surface area contributed by atoms with Crippen molar-refractivity contribution >= 4 is 28.5 Å². The lowest BCUT2D eigenvalue weighted by atomic mass is 9.88. The maximum Gasteiger partial charge on any atom is 0.325 e. The van der Waals surface area contributed by atoms with Crippen LogP contribution >= 0.6 is 0 Å². The van der Waals surface area contributed by atoms with Crippen LogP contribution in [0, 0.1) is 0 Å². The maximum absolute atomic E-state index is 13.3. The number of urea groups is 1. The fourth-order valence-corrected chi connectivity index (χ4v) is 4.07. The van der Waals surface area contributed by atoms with Crippen LogP contribution < -0.4 is 5.32 Å². The van der Waals surface area contributed by atoms with Crippen LogP contribution in [0.3, 0.4) is 0 Å². The van der Waals surface area contributed by atoms with E-state index in [0.29, 0.717) is 5.56 Å². The first kappa shape index (κ1) is 19.8. The first-order chi connectivity index (χ1) is 14.4. The van der Waals surface area contributed by atoms with E-state index in [1.807, 2.05) is 54.6 Å². The van der Waals surface area contributed by atoms with Crippen molar-refractivity contribution in [2.24, 2.45) is 0 Å². The summed E-state index contributed by atoms with van der Waals surface area (Å²) in [6.07, 6.45) is 1.98. The van der Waals surface area contributed by atoms with Crippen molar-refractivity contribution in [2.45, 2.75) is 32.2 Å². The highest BCUT2D eigenvalue weighted by atomic mass is 16.2. The van der Waals surface area contributed by atoms with Gasteiger partial charge >= 0.3 is 6.03 Å². The number of nitrogens with zero attached hydrogens (tertiary/aromatic N) is 1. The van der Waals surface area contributed by atoms with Gasteiger partial charge in [-0.1, -0.05) is 80.1 Å². The molecule has 0 saturated carbocycles. The second kappa shape index (κ2) is 7.75. The summed E-state index contributed by atoms with van der Waals surface area (Å²) in [7, 11) is 0. The molecule has 1 fully saturated rings. The van der Waals surface area contributed by atoms with Gasteiger partial charge < -0.3 is 5.32 Å². The first-order valence-electron chi connectivity index (χ1n) is 10.2. The van der Waals surface area contributed by atoms with Gasteiger partial charge in [0.2, 0.25) is 0 Å². The Morgan fingerprint density at radius 3 is 2.40 bits per heavy atom. The van der Waals surface area contributed by atoms with E-state index in [0.717, 1.165) is 39.6 Å². The average molecular weight is 400 g/mol. The minimum Gasteiger partial charge on any atom is -0.319 e. The fourth-order valence-electron chi connectivity index (χ4n) is 4.07. The van der Waals surface area contributed by atoms with Gasteiger partial charge in [-0.15, -0.1) is 0 Å². The lowest BCUT2D eigenvalue weighted by Gasteiger charge is -2.24. The summed E-state index contributed by atoms with van der Waals surface area (Å²) in [5.74, 6) is -0.677. The Labute approximate surface area is 175 Å². The largest absolute Gasteiger partial charge is 0.325 e. The molecule has 3 amide bonds. The molecule has 152 valence electrons. The number of aryl methyl sites for hydroxylation is 1. The number of amides is 3. The molecule has 0 unspecified atom stereocenters. The molecular weight excluding hydrogens is 376 g/mol. The third-order valence-electron chi connectivity index (χ3n) is 5.72. The number of hydrogen-bond acceptors (Lipinski definition) is 3. The minimum atomic E-state index is -1.22. The topological polar surface area (TPSA) is 66.5 Å². The van der Waals surface area contributed by atoms with Crippen LogP contribution in [0.15, 0.2) is 66.7 Å². The van der Waals surface area contributed by atoms with Crippen LogP contribution in [0.4, 0.5) is 4.79 Å². The van der Waals surface area contributed by atoms with Crippen LogP contribution in [0.1, 0.15) is 41.8 Å². The van der Waals surface area contributed by atoms with E-state index in [-0.39, 0.29) is 12.3 Å². The summed E-state index contributed by atoms with van der Waals surface area (Å²) in [5, 5.41) is 4.69. The third-order valence-corrected chi connectivity index (χ3v) is 5.72. The zero-order valence-corrected chi connectivity index (χ0v) is 17.1. The molecule has 0 radical (unpaired) electrons. The van der Waals surface area contributed by atoms with Gasteiger partial charge in [-0.25, -0.2) is 4.79 Å². The molecule has 1 aliphatic rings. The number of hydrogen-bond donors (Lipinski definition) is 1. The summed E-state index contributed by atoms with van der Waals surface area (Å²) < 4.78 is 0. The minimum absolute atomic E-state index is 0.260. The lowest BCUT2D eigenvalue weighted by molar-refractivity contribution is -0.130. The quantitative estimate of drug-likeness (QED) is 0.491. The molecule has 3 aromatic rings. The number of fused-ring (bicyclic) bond motifs is 1. The van der Waals surface area contributed by atoms with Crippen LogP contribution in [0.5, 0.6) is 0 Å². The summed E-state index contributed by atoms with van der Waals surface area (Å²) in [6, 6.07) is 20.2. The maximum atomic E-state index is 13.3. The van der Waals surface area contributed by atoms with E-state index in [1.54, 1.807) is 19.1 Å². The zero-order valence-electron chi connectivity index (χ0n) is 17.1. The van der Waals surface area contributed by atoms with Crippen LogP contribution in [0.2, 0.25) is 0 Å². The van der Waals surface area contributed by atoms with Crippen molar-refractivity contribution in [2.75, 3.05) is 6.54 Å². The molecule has 4 rings (SSSR count). The molecular formula is C25H24N2O3. The summed E-state index contributed by atoms with van der Waals surface area (Å²) in [6.45, 7) is 3.51. The van der Waals surface area contributed by atoms with E-state index < -0.39 is 17.5 Å². The molecule has 1 atom stereocenters. The van der Waals surface area contributed by atoms with Crippen LogP contribution in [-0.4, -0.2) is 29.2 Å². The normalized spacial score (nSPS) is 18.7. The van der Waals surface area contributed by atoms with Gasteiger partial charge in [0.05, 0.1) is 6.54 Å². The van der Waals surface area contributed by atoms with Gasteiger partial charge in [-0.3, -0.25) is 14.5 Å². The number of benzene rings is 3. The smallest absolute Gasteiger partial charge is 0.319 e. The number of nitrogens with one attached hydrogen (secondary N) is 1. The van der Waals surface area contributed by atoms with Gasteiger partial charge in [0, 0.05) is 5.56 Å². The summed E-state index contributed by atoms with van der Waals surface area (Å²) in [4.78, 5) is 39.7. The Morgan fingerprint density at radius 1 is 0.967 bits per heavy atom. The predicted molar refractivity (Wildman–Crippen MR) is 116 cm³/mol. The monoisotopic (exact) mass is 400 g/mol. The molecule has 5 heteroatoms. The van der Waals surface area contributed by atoms with Crippen molar-refractivity contribution in [3.05, 3.63) is 83.4 Å². The molecule has 0 bridgehead atoms. The van der Waals surface area contributed by atoms with E-state index in [2.05, 4.69) is 12.2 Å². The summed E-state index contributed by atoms with van der Waals surface area (Å²) >= 11 is 0. The van der Waals surface area contributed by atoms with Crippen LogP contribution in [0.25, 0.3) is 10.8 Å². The Hall–Kier alpha value is -3.47. The molecule has 1 saturated heterocycles. The molecule has 5 nitrogen and oxygen atoms in total. The number of Topliss-reactive ketones (excluding diaryl/α,β-unsaturated/α-hetero) is 1.